The fourth-order valence-corrected chi connectivity index (χ4v) is 2.41. The monoisotopic (exact) mass is 311 g/mol. The van der Waals surface area contributed by atoms with E-state index in [1.165, 1.54) is 11.3 Å². The highest BCUT2D eigenvalue weighted by molar-refractivity contribution is 7.12. The van der Waals surface area contributed by atoms with Gasteiger partial charge in [0.05, 0.1) is 4.88 Å². The average Bonchev–Trinajstić information content (AvgIpc) is 2.97. The molecule has 0 aliphatic heterocycles. The van der Waals surface area contributed by atoms with Gasteiger partial charge >= 0.3 is 0 Å². The molecular formula is C15H25N3O2S. The Hall–Kier alpha value is -1.40. The molecule has 2 amide bonds. The third kappa shape index (κ3) is 6.27. The van der Waals surface area contributed by atoms with E-state index in [0.717, 1.165) is 6.42 Å². The van der Waals surface area contributed by atoms with Gasteiger partial charge in [0.2, 0.25) is 5.91 Å². The number of hydrogen-bond donors (Lipinski definition) is 2. The molecule has 1 aromatic rings. The number of carbonyl (C=O) groups excluding carboxylic acids is 2. The number of nitrogens with two attached hydrogens (primary N) is 1. The van der Waals surface area contributed by atoms with Gasteiger partial charge < -0.3 is 16.0 Å². The van der Waals surface area contributed by atoms with Gasteiger partial charge in [0.1, 0.15) is 0 Å². The Morgan fingerprint density at radius 3 is 2.71 bits per heavy atom. The Morgan fingerprint density at radius 2 is 2.14 bits per heavy atom. The third-order valence-corrected chi connectivity index (χ3v) is 4.32. The van der Waals surface area contributed by atoms with Crippen LogP contribution in [0.2, 0.25) is 0 Å². The van der Waals surface area contributed by atoms with Crippen molar-refractivity contribution in [2.45, 2.75) is 32.7 Å². The molecule has 0 spiro atoms. The number of nitrogens with one attached hydrogen (secondary N) is 1. The number of carbonyl (C=O) groups is 2. The molecule has 1 aromatic heterocycles. The molecule has 21 heavy (non-hydrogen) atoms. The summed E-state index contributed by atoms with van der Waals surface area (Å²) >= 11 is 1.39. The molecule has 1 heterocycles. The summed E-state index contributed by atoms with van der Waals surface area (Å²) in [6.07, 6.45) is 1.10. The lowest BCUT2D eigenvalue weighted by Gasteiger charge is -2.21. The van der Waals surface area contributed by atoms with Crippen LogP contribution in [0.4, 0.5) is 0 Å². The van der Waals surface area contributed by atoms with Crippen LogP contribution in [-0.2, 0) is 4.79 Å². The van der Waals surface area contributed by atoms with Crippen LogP contribution in [0.25, 0.3) is 0 Å². The Labute approximate surface area is 130 Å². The summed E-state index contributed by atoms with van der Waals surface area (Å²) in [5.74, 6) is 0.318. The van der Waals surface area contributed by atoms with Crippen molar-refractivity contribution in [2.24, 2.45) is 11.7 Å². The first-order chi connectivity index (χ1) is 9.91. The summed E-state index contributed by atoms with van der Waals surface area (Å²) in [7, 11) is 1.77. The maximum Gasteiger partial charge on any atom is 0.261 e. The molecule has 0 saturated heterocycles. The molecule has 1 rings (SSSR count). The summed E-state index contributed by atoms with van der Waals surface area (Å²) in [6.45, 7) is 5.16. The van der Waals surface area contributed by atoms with Crippen molar-refractivity contribution in [3.63, 3.8) is 0 Å². The average molecular weight is 311 g/mol. The fraction of sp³-hybridized carbons (Fsp3) is 0.600. The lowest BCUT2D eigenvalue weighted by Crippen LogP contribution is -2.36. The fourth-order valence-electron chi connectivity index (χ4n) is 1.77. The van der Waals surface area contributed by atoms with Gasteiger partial charge in [-0.2, -0.15) is 0 Å². The van der Waals surface area contributed by atoms with E-state index >= 15 is 0 Å². The Bertz CT molecular complexity index is 446. The highest BCUT2D eigenvalue weighted by Gasteiger charge is 2.13. The molecule has 0 bridgehead atoms. The predicted octanol–water partition coefficient (Wildman–Crippen LogP) is 1.70. The van der Waals surface area contributed by atoms with E-state index in [1.54, 1.807) is 18.0 Å². The number of amides is 2. The Kier molecular flexibility index (Phi) is 7.39. The van der Waals surface area contributed by atoms with E-state index in [2.05, 4.69) is 19.2 Å². The smallest absolute Gasteiger partial charge is 0.261 e. The van der Waals surface area contributed by atoms with Gasteiger partial charge in [-0.1, -0.05) is 19.9 Å². The first kappa shape index (κ1) is 17.7. The van der Waals surface area contributed by atoms with Gasteiger partial charge in [-0.05, 0) is 23.8 Å². The summed E-state index contributed by atoms with van der Waals surface area (Å²) in [5, 5.41) is 4.61. The van der Waals surface area contributed by atoms with Gasteiger partial charge in [-0.15, -0.1) is 11.3 Å². The predicted molar refractivity (Wildman–Crippen MR) is 86.3 cm³/mol. The van der Waals surface area contributed by atoms with Gasteiger partial charge in [0.25, 0.3) is 5.91 Å². The van der Waals surface area contributed by atoms with Crippen LogP contribution < -0.4 is 11.1 Å². The second-order valence-corrected chi connectivity index (χ2v) is 6.44. The first-order valence-corrected chi connectivity index (χ1v) is 8.11. The second-order valence-electron chi connectivity index (χ2n) is 5.50. The summed E-state index contributed by atoms with van der Waals surface area (Å²) in [6, 6.07) is 3.70. The minimum atomic E-state index is -0.123. The lowest BCUT2D eigenvalue weighted by molar-refractivity contribution is -0.129. The third-order valence-electron chi connectivity index (χ3n) is 3.45. The van der Waals surface area contributed by atoms with Crippen molar-refractivity contribution in [2.75, 3.05) is 20.1 Å². The summed E-state index contributed by atoms with van der Waals surface area (Å²) < 4.78 is 0. The maximum absolute atomic E-state index is 11.9. The molecule has 0 fully saturated rings. The van der Waals surface area contributed by atoms with Gasteiger partial charge in [0.15, 0.2) is 0 Å². The Morgan fingerprint density at radius 1 is 1.43 bits per heavy atom. The van der Waals surface area contributed by atoms with E-state index in [4.69, 9.17) is 5.73 Å². The number of thiophene rings is 1. The van der Waals surface area contributed by atoms with E-state index in [0.29, 0.717) is 30.3 Å². The summed E-state index contributed by atoms with van der Waals surface area (Å²) in [4.78, 5) is 26.0. The van der Waals surface area contributed by atoms with Crippen molar-refractivity contribution in [1.82, 2.24) is 10.2 Å². The quantitative estimate of drug-likeness (QED) is 0.767. The van der Waals surface area contributed by atoms with E-state index < -0.39 is 0 Å². The highest BCUT2D eigenvalue weighted by Crippen LogP contribution is 2.08. The zero-order valence-electron chi connectivity index (χ0n) is 13.0. The van der Waals surface area contributed by atoms with Crippen LogP contribution in [0.15, 0.2) is 17.5 Å². The number of rotatable bonds is 8. The van der Waals surface area contributed by atoms with Crippen molar-refractivity contribution in [1.29, 1.82) is 0 Å². The SMILES string of the molecule is CC(C)C(N)CCN(C)C(=O)CCNC(=O)c1cccs1. The number of hydrogen-bond acceptors (Lipinski definition) is 4. The van der Waals surface area contributed by atoms with Gasteiger partial charge in [-0.3, -0.25) is 9.59 Å². The topological polar surface area (TPSA) is 75.4 Å². The zero-order valence-corrected chi connectivity index (χ0v) is 13.8. The first-order valence-electron chi connectivity index (χ1n) is 7.23. The highest BCUT2D eigenvalue weighted by atomic mass is 32.1. The van der Waals surface area contributed by atoms with Crippen molar-refractivity contribution in [3.05, 3.63) is 22.4 Å². The largest absolute Gasteiger partial charge is 0.351 e. The molecule has 0 aliphatic carbocycles. The van der Waals surface area contributed by atoms with Crippen molar-refractivity contribution >= 4 is 23.2 Å². The molecular weight excluding hydrogens is 286 g/mol. The normalized spacial score (nSPS) is 12.2. The molecule has 3 N–H and O–H groups in total. The van der Waals surface area contributed by atoms with Crippen LogP contribution in [0.1, 0.15) is 36.4 Å². The van der Waals surface area contributed by atoms with E-state index in [1.807, 2.05) is 11.4 Å². The second kappa shape index (κ2) is 8.79. The molecule has 1 atom stereocenters. The standard InChI is InChI=1S/C15H25N3O2S/c1-11(2)12(16)7-9-18(3)14(19)6-8-17-15(20)13-5-4-10-21-13/h4-5,10-12H,6-9,16H2,1-3H3,(H,17,20). The zero-order chi connectivity index (χ0) is 15.8. The van der Waals surface area contributed by atoms with Gasteiger partial charge in [-0.25, -0.2) is 0 Å². The van der Waals surface area contributed by atoms with Crippen LogP contribution in [0, 0.1) is 5.92 Å². The number of nitrogens with zero attached hydrogens (tertiary/aromatic N) is 1. The maximum atomic E-state index is 11.9. The molecule has 0 radical (unpaired) electrons. The van der Waals surface area contributed by atoms with Crippen LogP contribution in [0.3, 0.4) is 0 Å². The molecule has 1 unspecified atom stereocenters. The summed E-state index contributed by atoms with van der Waals surface area (Å²) in [5.41, 5.74) is 5.97. The van der Waals surface area contributed by atoms with Crippen molar-refractivity contribution < 1.29 is 9.59 Å². The van der Waals surface area contributed by atoms with Crippen LogP contribution in [-0.4, -0.2) is 42.9 Å². The lowest BCUT2D eigenvalue weighted by atomic mass is 10.0. The van der Waals surface area contributed by atoms with Crippen LogP contribution >= 0.6 is 11.3 Å². The molecule has 0 aliphatic rings. The van der Waals surface area contributed by atoms with Crippen molar-refractivity contribution in [3.8, 4) is 0 Å². The molecule has 0 saturated carbocycles. The van der Waals surface area contributed by atoms with Crippen LogP contribution in [0.5, 0.6) is 0 Å². The molecule has 118 valence electrons. The van der Waals surface area contributed by atoms with E-state index in [9.17, 15) is 9.59 Å². The van der Waals surface area contributed by atoms with Gasteiger partial charge in [0, 0.05) is 32.6 Å². The molecule has 0 aromatic carbocycles. The molecule has 5 nitrogen and oxygen atoms in total. The Balaban J connectivity index is 2.22. The minimum absolute atomic E-state index is 0.0254. The molecule has 6 heteroatoms. The minimum Gasteiger partial charge on any atom is -0.351 e. The van der Waals surface area contributed by atoms with E-state index in [-0.39, 0.29) is 17.9 Å².